The summed E-state index contributed by atoms with van der Waals surface area (Å²) in [6.45, 7) is 3.11. The molecule has 20 heavy (non-hydrogen) atoms. The van der Waals surface area contributed by atoms with E-state index in [0.29, 0.717) is 13.2 Å². The molecule has 2 aromatic carbocycles. The van der Waals surface area contributed by atoms with Crippen molar-refractivity contribution in [3.05, 3.63) is 59.7 Å². The van der Waals surface area contributed by atoms with E-state index in [1.54, 1.807) is 0 Å². The SMILES string of the molecule is CCCOc1cccc(CNc2cc(F)ccc2F)c1. The summed E-state index contributed by atoms with van der Waals surface area (Å²) in [6.07, 6.45) is 0.941. The molecule has 0 bridgehead atoms. The first kappa shape index (κ1) is 14.3. The number of hydrogen-bond acceptors (Lipinski definition) is 2. The van der Waals surface area contributed by atoms with E-state index in [0.717, 1.165) is 35.9 Å². The molecule has 4 heteroatoms. The van der Waals surface area contributed by atoms with Gasteiger partial charge in [0.05, 0.1) is 12.3 Å². The van der Waals surface area contributed by atoms with Crippen LogP contribution in [0.25, 0.3) is 0 Å². The van der Waals surface area contributed by atoms with Gasteiger partial charge in [0.2, 0.25) is 0 Å². The minimum absolute atomic E-state index is 0.157. The van der Waals surface area contributed by atoms with Crippen LogP contribution in [-0.2, 0) is 6.54 Å². The Hall–Kier alpha value is -2.10. The number of ether oxygens (including phenoxy) is 1. The third-order valence-corrected chi connectivity index (χ3v) is 2.78. The Kier molecular flexibility index (Phi) is 4.93. The number of anilines is 1. The number of rotatable bonds is 6. The Balaban J connectivity index is 2.01. The van der Waals surface area contributed by atoms with Crippen molar-refractivity contribution in [2.45, 2.75) is 19.9 Å². The fourth-order valence-corrected chi connectivity index (χ4v) is 1.80. The molecular formula is C16H17F2NO. The molecule has 2 nitrogen and oxygen atoms in total. The van der Waals surface area contributed by atoms with Gasteiger partial charge in [0.1, 0.15) is 17.4 Å². The van der Waals surface area contributed by atoms with E-state index in [1.165, 1.54) is 0 Å². The van der Waals surface area contributed by atoms with Crippen molar-refractivity contribution in [1.82, 2.24) is 0 Å². The zero-order valence-corrected chi connectivity index (χ0v) is 11.3. The Morgan fingerprint density at radius 3 is 2.75 bits per heavy atom. The monoisotopic (exact) mass is 277 g/mol. The zero-order valence-electron chi connectivity index (χ0n) is 11.3. The Morgan fingerprint density at radius 2 is 1.95 bits per heavy atom. The molecule has 0 aromatic heterocycles. The standard InChI is InChI=1S/C16H17F2NO/c1-2-8-20-14-5-3-4-12(9-14)11-19-16-10-13(17)6-7-15(16)18/h3-7,9-10,19H,2,8,11H2,1H3. The fraction of sp³-hybridized carbons (Fsp3) is 0.250. The van der Waals surface area contributed by atoms with Crippen LogP contribution < -0.4 is 10.1 Å². The van der Waals surface area contributed by atoms with Crippen LogP contribution >= 0.6 is 0 Å². The van der Waals surface area contributed by atoms with Gasteiger partial charge in [0, 0.05) is 6.54 Å². The van der Waals surface area contributed by atoms with Crippen molar-refractivity contribution in [1.29, 1.82) is 0 Å². The first-order valence-corrected chi connectivity index (χ1v) is 6.59. The van der Waals surface area contributed by atoms with Crippen molar-refractivity contribution in [2.75, 3.05) is 11.9 Å². The molecule has 0 fully saturated rings. The first-order valence-electron chi connectivity index (χ1n) is 6.59. The summed E-state index contributed by atoms with van der Waals surface area (Å²) in [5, 5.41) is 2.88. The number of nitrogens with one attached hydrogen (secondary N) is 1. The Bertz CT molecular complexity index is 572. The largest absolute Gasteiger partial charge is 0.494 e. The highest BCUT2D eigenvalue weighted by atomic mass is 19.1. The highest BCUT2D eigenvalue weighted by Gasteiger charge is 2.04. The maximum Gasteiger partial charge on any atom is 0.146 e. The van der Waals surface area contributed by atoms with Crippen LogP contribution in [0.1, 0.15) is 18.9 Å². The van der Waals surface area contributed by atoms with Gasteiger partial charge in [0.15, 0.2) is 0 Å². The van der Waals surface area contributed by atoms with Crippen LogP contribution in [-0.4, -0.2) is 6.61 Å². The van der Waals surface area contributed by atoms with E-state index in [4.69, 9.17) is 4.74 Å². The summed E-state index contributed by atoms with van der Waals surface area (Å²) < 4.78 is 32.0. The molecule has 0 radical (unpaired) electrons. The van der Waals surface area contributed by atoms with E-state index >= 15 is 0 Å². The minimum Gasteiger partial charge on any atom is -0.494 e. The van der Waals surface area contributed by atoms with E-state index in [2.05, 4.69) is 5.32 Å². The van der Waals surface area contributed by atoms with Gasteiger partial charge < -0.3 is 10.1 Å². The highest BCUT2D eigenvalue weighted by Crippen LogP contribution is 2.18. The van der Waals surface area contributed by atoms with Crippen molar-refractivity contribution in [3.63, 3.8) is 0 Å². The molecule has 2 rings (SSSR count). The van der Waals surface area contributed by atoms with Crippen LogP contribution in [0.4, 0.5) is 14.5 Å². The lowest BCUT2D eigenvalue weighted by molar-refractivity contribution is 0.317. The number of hydrogen-bond donors (Lipinski definition) is 1. The topological polar surface area (TPSA) is 21.3 Å². The second-order valence-corrected chi connectivity index (χ2v) is 4.47. The molecule has 0 spiro atoms. The predicted molar refractivity (Wildman–Crippen MR) is 75.9 cm³/mol. The predicted octanol–water partition coefficient (Wildman–Crippen LogP) is 4.37. The molecule has 0 aliphatic rings. The van der Waals surface area contributed by atoms with Crippen molar-refractivity contribution < 1.29 is 13.5 Å². The fourth-order valence-electron chi connectivity index (χ4n) is 1.80. The van der Waals surface area contributed by atoms with Crippen LogP contribution in [0.2, 0.25) is 0 Å². The molecule has 0 atom stereocenters. The molecule has 0 heterocycles. The lowest BCUT2D eigenvalue weighted by Gasteiger charge is -2.10. The van der Waals surface area contributed by atoms with E-state index in [-0.39, 0.29) is 5.69 Å². The molecule has 2 aromatic rings. The Morgan fingerprint density at radius 1 is 1.10 bits per heavy atom. The van der Waals surface area contributed by atoms with Crippen molar-refractivity contribution in [3.8, 4) is 5.75 Å². The second kappa shape index (κ2) is 6.89. The number of halogens is 2. The third kappa shape index (κ3) is 3.95. The lowest BCUT2D eigenvalue weighted by Crippen LogP contribution is -2.02. The van der Waals surface area contributed by atoms with E-state index in [9.17, 15) is 8.78 Å². The summed E-state index contributed by atoms with van der Waals surface area (Å²) >= 11 is 0. The maximum absolute atomic E-state index is 13.5. The van der Waals surface area contributed by atoms with Crippen molar-refractivity contribution >= 4 is 5.69 Å². The summed E-state index contributed by atoms with van der Waals surface area (Å²) in [6, 6.07) is 10.9. The van der Waals surface area contributed by atoms with Crippen LogP contribution in [0.5, 0.6) is 5.75 Å². The summed E-state index contributed by atoms with van der Waals surface area (Å²) in [4.78, 5) is 0. The van der Waals surface area contributed by atoms with E-state index in [1.807, 2.05) is 31.2 Å². The molecule has 0 aliphatic carbocycles. The average Bonchev–Trinajstić information content (AvgIpc) is 2.46. The van der Waals surface area contributed by atoms with Gasteiger partial charge in [-0.3, -0.25) is 0 Å². The molecule has 106 valence electrons. The molecule has 0 unspecified atom stereocenters. The molecular weight excluding hydrogens is 260 g/mol. The third-order valence-electron chi connectivity index (χ3n) is 2.78. The smallest absolute Gasteiger partial charge is 0.146 e. The second-order valence-electron chi connectivity index (χ2n) is 4.47. The summed E-state index contributed by atoms with van der Waals surface area (Å²) in [7, 11) is 0. The summed E-state index contributed by atoms with van der Waals surface area (Å²) in [5.41, 5.74) is 1.10. The lowest BCUT2D eigenvalue weighted by atomic mass is 10.2. The van der Waals surface area contributed by atoms with Gasteiger partial charge >= 0.3 is 0 Å². The van der Waals surface area contributed by atoms with Gasteiger partial charge in [0.25, 0.3) is 0 Å². The van der Waals surface area contributed by atoms with Crippen molar-refractivity contribution in [2.24, 2.45) is 0 Å². The summed E-state index contributed by atoms with van der Waals surface area (Å²) in [5.74, 6) is -0.149. The highest BCUT2D eigenvalue weighted by molar-refractivity contribution is 5.45. The molecule has 0 amide bonds. The van der Waals surface area contributed by atoms with Crippen LogP contribution in [0, 0.1) is 11.6 Å². The first-order chi connectivity index (χ1) is 9.69. The van der Waals surface area contributed by atoms with Gasteiger partial charge in [-0.25, -0.2) is 8.78 Å². The van der Waals surface area contributed by atoms with Crippen LogP contribution in [0.3, 0.4) is 0 Å². The van der Waals surface area contributed by atoms with Gasteiger partial charge in [-0.05, 0) is 42.3 Å². The number of benzene rings is 2. The van der Waals surface area contributed by atoms with Gasteiger partial charge in [-0.1, -0.05) is 19.1 Å². The molecule has 1 N–H and O–H groups in total. The quantitative estimate of drug-likeness (QED) is 0.846. The normalized spacial score (nSPS) is 10.3. The zero-order chi connectivity index (χ0) is 14.4. The maximum atomic E-state index is 13.5. The van der Waals surface area contributed by atoms with E-state index < -0.39 is 11.6 Å². The minimum atomic E-state index is -0.468. The molecule has 0 saturated heterocycles. The molecule has 0 aliphatic heterocycles. The van der Waals surface area contributed by atoms with Crippen LogP contribution in [0.15, 0.2) is 42.5 Å². The van der Waals surface area contributed by atoms with Gasteiger partial charge in [-0.2, -0.15) is 0 Å². The Labute approximate surface area is 117 Å². The van der Waals surface area contributed by atoms with Gasteiger partial charge in [-0.15, -0.1) is 0 Å². The average molecular weight is 277 g/mol. The molecule has 0 saturated carbocycles.